The summed E-state index contributed by atoms with van der Waals surface area (Å²) >= 11 is 7.70. The van der Waals surface area contributed by atoms with Crippen molar-refractivity contribution in [3.05, 3.63) is 88.7 Å². The molecule has 0 amide bonds. The number of benzene rings is 3. The maximum atomic E-state index is 11.7. The highest BCUT2D eigenvalue weighted by Gasteiger charge is 2.20. The molecule has 6 nitrogen and oxygen atoms in total. The molecule has 0 aliphatic heterocycles. The van der Waals surface area contributed by atoms with Crippen molar-refractivity contribution in [3.8, 4) is 33.0 Å². The van der Waals surface area contributed by atoms with E-state index in [4.69, 9.17) is 16.6 Å². The summed E-state index contributed by atoms with van der Waals surface area (Å²) in [5, 5.41) is 19.3. The number of aromatic nitrogens is 4. The van der Waals surface area contributed by atoms with Gasteiger partial charge in [0, 0.05) is 33.3 Å². The summed E-state index contributed by atoms with van der Waals surface area (Å²) in [7, 11) is 0. The van der Waals surface area contributed by atoms with Crippen LogP contribution in [0.15, 0.2) is 67.0 Å². The highest BCUT2D eigenvalue weighted by Crippen LogP contribution is 2.41. The molecule has 0 saturated carbocycles. The Hall–Kier alpha value is -4.07. The SMILES string of the molecule is Cc1cc2nc(-c3ccnc(-c4cc(C)c5[nH]ncc5c4)c3)sc2c(-c2ccc(Cl)cc2)c1CC(=O)O. The zero-order valence-electron chi connectivity index (χ0n) is 20.0. The first-order chi connectivity index (χ1) is 17.9. The van der Waals surface area contributed by atoms with E-state index in [-0.39, 0.29) is 6.42 Å². The van der Waals surface area contributed by atoms with Crippen molar-refractivity contribution >= 4 is 50.0 Å². The summed E-state index contributed by atoms with van der Waals surface area (Å²) in [6.45, 7) is 3.99. The normalized spacial score (nSPS) is 11.4. The quantitative estimate of drug-likeness (QED) is 0.244. The molecule has 3 heterocycles. The Labute approximate surface area is 221 Å². The lowest BCUT2D eigenvalue weighted by molar-refractivity contribution is -0.136. The number of carboxylic acid groups (broad SMARTS) is 1. The highest BCUT2D eigenvalue weighted by molar-refractivity contribution is 7.22. The summed E-state index contributed by atoms with van der Waals surface area (Å²) in [6, 6.07) is 17.7. The van der Waals surface area contributed by atoms with Crippen molar-refractivity contribution < 1.29 is 9.90 Å². The number of rotatable bonds is 5. The molecule has 37 heavy (non-hydrogen) atoms. The van der Waals surface area contributed by atoms with Crippen molar-refractivity contribution in [2.24, 2.45) is 0 Å². The van der Waals surface area contributed by atoms with Gasteiger partial charge in [-0.1, -0.05) is 23.7 Å². The minimum absolute atomic E-state index is 0.0673. The summed E-state index contributed by atoms with van der Waals surface area (Å²) in [5.41, 5.74) is 9.28. The van der Waals surface area contributed by atoms with Crippen LogP contribution in [-0.2, 0) is 11.2 Å². The van der Waals surface area contributed by atoms with Crippen LogP contribution in [0.1, 0.15) is 16.7 Å². The van der Waals surface area contributed by atoms with E-state index >= 15 is 0 Å². The molecule has 0 fully saturated rings. The Morgan fingerprint density at radius 3 is 2.59 bits per heavy atom. The maximum absolute atomic E-state index is 11.7. The van der Waals surface area contributed by atoms with Crippen LogP contribution in [0.5, 0.6) is 0 Å². The van der Waals surface area contributed by atoms with E-state index in [1.807, 2.05) is 55.6 Å². The largest absolute Gasteiger partial charge is 0.481 e. The van der Waals surface area contributed by atoms with Crippen LogP contribution in [0.4, 0.5) is 0 Å². The van der Waals surface area contributed by atoms with Gasteiger partial charge in [-0.05, 0) is 78.6 Å². The lowest BCUT2D eigenvalue weighted by atomic mass is 9.93. The number of halogens is 1. The molecule has 6 rings (SSSR count). The number of pyridine rings is 1. The molecule has 8 heteroatoms. The second kappa shape index (κ2) is 9.10. The van der Waals surface area contributed by atoms with Crippen LogP contribution >= 0.6 is 22.9 Å². The van der Waals surface area contributed by atoms with Gasteiger partial charge in [-0.25, -0.2) is 4.98 Å². The van der Waals surface area contributed by atoms with Crippen molar-refractivity contribution in [1.29, 1.82) is 0 Å². The molecule has 0 bridgehead atoms. The van der Waals surface area contributed by atoms with E-state index in [0.29, 0.717) is 5.02 Å². The fourth-order valence-corrected chi connectivity index (χ4v) is 6.02. The van der Waals surface area contributed by atoms with Crippen molar-refractivity contribution in [2.45, 2.75) is 20.3 Å². The van der Waals surface area contributed by atoms with E-state index in [0.717, 1.165) is 70.8 Å². The molecule has 0 radical (unpaired) electrons. The minimum atomic E-state index is -0.869. The molecule has 0 unspecified atom stereocenters. The smallest absolute Gasteiger partial charge is 0.307 e. The van der Waals surface area contributed by atoms with Gasteiger partial charge in [0.05, 0.1) is 34.0 Å². The Morgan fingerprint density at radius 2 is 1.81 bits per heavy atom. The fourth-order valence-electron chi connectivity index (χ4n) is 4.76. The number of carboxylic acids is 1. The predicted octanol–water partition coefficient (Wildman–Crippen LogP) is 7.47. The Balaban J connectivity index is 1.51. The summed E-state index contributed by atoms with van der Waals surface area (Å²) < 4.78 is 0.952. The van der Waals surface area contributed by atoms with Crippen molar-refractivity contribution in [1.82, 2.24) is 20.2 Å². The fraction of sp³-hybridized carbons (Fsp3) is 0.103. The zero-order valence-corrected chi connectivity index (χ0v) is 21.6. The third-order valence-electron chi connectivity index (χ3n) is 6.52. The van der Waals surface area contributed by atoms with Crippen LogP contribution in [-0.4, -0.2) is 31.2 Å². The number of aromatic amines is 1. The number of aryl methyl sites for hydroxylation is 2. The summed E-state index contributed by atoms with van der Waals surface area (Å²) in [6.07, 6.45) is 3.55. The third-order valence-corrected chi connectivity index (χ3v) is 7.91. The highest BCUT2D eigenvalue weighted by atomic mass is 35.5. The Bertz CT molecular complexity index is 1820. The first-order valence-corrected chi connectivity index (χ1v) is 12.9. The topological polar surface area (TPSA) is 91.8 Å². The lowest BCUT2D eigenvalue weighted by Crippen LogP contribution is -2.04. The monoisotopic (exact) mass is 524 g/mol. The second-order valence-corrected chi connectivity index (χ2v) is 10.5. The van der Waals surface area contributed by atoms with Crippen LogP contribution < -0.4 is 0 Å². The summed E-state index contributed by atoms with van der Waals surface area (Å²) in [4.78, 5) is 21.3. The summed E-state index contributed by atoms with van der Waals surface area (Å²) in [5.74, 6) is -0.869. The van der Waals surface area contributed by atoms with Crippen molar-refractivity contribution in [2.75, 3.05) is 0 Å². The van der Waals surface area contributed by atoms with E-state index in [1.54, 1.807) is 17.5 Å². The predicted molar refractivity (Wildman–Crippen MR) is 149 cm³/mol. The molecule has 0 aliphatic rings. The van der Waals surface area contributed by atoms with Gasteiger partial charge in [0.1, 0.15) is 5.01 Å². The van der Waals surface area contributed by atoms with Gasteiger partial charge in [0.2, 0.25) is 0 Å². The molecule has 0 aliphatic carbocycles. The molecular weight excluding hydrogens is 504 g/mol. The zero-order chi connectivity index (χ0) is 25.7. The number of aliphatic carboxylic acids is 1. The van der Waals surface area contributed by atoms with E-state index in [1.165, 1.54) is 0 Å². The molecule has 0 saturated heterocycles. The van der Waals surface area contributed by atoms with Gasteiger partial charge in [-0.3, -0.25) is 14.9 Å². The third kappa shape index (κ3) is 4.26. The Kier molecular flexibility index (Phi) is 5.74. The van der Waals surface area contributed by atoms with E-state index < -0.39 is 5.97 Å². The van der Waals surface area contributed by atoms with Crippen molar-refractivity contribution in [3.63, 3.8) is 0 Å². The molecule has 2 N–H and O–H groups in total. The molecule has 182 valence electrons. The van der Waals surface area contributed by atoms with E-state index in [9.17, 15) is 9.90 Å². The number of carbonyl (C=O) groups is 1. The van der Waals surface area contributed by atoms with Crippen LogP contribution in [0.25, 0.3) is 54.1 Å². The number of hydrogen-bond acceptors (Lipinski definition) is 5. The van der Waals surface area contributed by atoms with Crippen LogP contribution in [0.2, 0.25) is 5.02 Å². The number of hydrogen-bond donors (Lipinski definition) is 2. The number of nitrogens with zero attached hydrogens (tertiary/aromatic N) is 3. The van der Waals surface area contributed by atoms with Gasteiger partial charge in [-0.2, -0.15) is 5.10 Å². The molecular formula is C29H21ClN4O2S. The average Bonchev–Trinajstić information content (AvgIpc) is 3.52. The molecule has 6 aromatic rings. The average molecular weight is 525 g/mol. The first-order valence-electron chi connectivity index (χ1n) is 11.7. The lowest BCUT2D eigenvalue weighted by Gasteiger charge is -2.13. The van der Waals surface area contributed by atoms with Gasteiger partial charge < -0.3 is 5.11 Å². The minimum Gasteiger partial charge on any atom is -0.481 e. The van der Waals surface area contributed by atoms with E-state index in [2.05, 4.69) is 34.2 Å². The molecule has 0 spiro atoms. The van der Waals surface area contributed by atoms with Gasteiger partial charge >= 0.3 is 5.97 Å². The van der Waals surface area contributed by atoms with Crippen LogP contribution in [0, 0.1) is 13.8 Å². The number of thiazole rings is 1. The van der Waals surface area contributed by atoms with Gasteiger partial charge in [-0.15, -0.1) is 11.3 Å². The Morgan fingerprint density at radius 1 is 1.00 bits per heavy atom. The first kappa shape index (κ1) is 23.3. The van der Waals surface area contributed by atoms with Gasteiger partial charge in [0.25, 0.3) is 0 Å². The molecule has 0 atom stereocenters. The maximum Gasteiger partial charge on any atom is 0.307 e. The standard InChI is InChI=1S/C29H21ClN4O2S/c1-15-10-24-28(26(22(15)13-25(35)36)17-3-5-21(30)6-4-17)37-29(33-24)18-7-8-31-23(12-18)19-9-16(2)27-20(11-19)14-32-34-27/h3-12,14H,13H2,1-2H3,(H,32,34)(H,35,36). The number of H-pyrrole nitrogens is 1. The molecule has 3 aromatic carbocycles. The molecule has 3 aromatic heterocycles. The number of nitrogens with one attached hydrogen (secondary N) is 1. The van der Waals surface area contributed by atoms with Crippen LogP contribution in [0.3, 0.4) is 0 Å². The van der Waals surface area contributed by atoms with Gasteiger partial charge in [0.15, 0.2) is 0 Å². The number of fused-ring (bicyclic) bond motifs is 2. The second-order valence-electron chi connectivity index (χ2n) is 9.05.